The Kier molecular flexibility index (Phi) is 2.63. The minimum atomic E-state index is 0.400. The van der Waals surface area contributed by atoms with E-state index in [9.17, 15) is 0 Å². The molecule has 18 heavy (non-hydrogen) atoms. The van der Waals surface area contributed by atoms with Gasteiger partial charge in [-0.15, -0.1) is 0 Å². The van der Waals surface area contributed by atoms with E-state index in [0.717, 1.165) is 29.8 Å². The predicted molar refractivity (Wildman–Crippen MR) is 70.3 cm³/mol. The van der Waals surface area contributed by atoms with E-state index in [2.05, 4.69) is 9.97 Å². The van der Waals surface area contributed by atoms with Crippen LogP contribution >= 0.6 is 0 Å². The van der Waals surface area contributed by atoms with Gasteiger partial charge in [0.2, 0.25) is 0 Å². The lowest BCUT2D eigenvalue weighted by Crippen LogP contribution is -1.98. The molecule has 4 nitrogen and oxygen atoms in total. The second kappa shape index (κ2) is 4.29. The van der Waals surface area contributed by atoms with Gasteiger partial charge in [-0.1, -0.05) is 12.1 Å². The SMILES string of the molecule is Cc1nc(N)cc(-c2cccc(OC3CC3)c2)n1. The molecule has 0 saturated heterocycles. The van der Waals surface area contributed by atoms with Crippen LogP contribution in [0.5, 0.6) is 5.75 Å². The first-order valence-electron chi connectivity index (χ1n) is 6.09. The quantitative estimate of drug-likeness (QED) is 0.897. The van der Waals surface area contributed by atoms with Crippen LogP contribution in [0.1, 0.15) is 18.7 Å². The Morgan fingerprint density at radius 3 is 2.78 bits per heavy atom. The van der Waals surface area contributed by atoms with Crippen molar-refractivity contribution in [2.75, 3.05) is 5.73 Å². The number of hydrogen-bond acceptors (Lipinski definition) is 4. The molecule has 0 spiro atoms. The van der Waals surface area contributed by atoms with E-state index in [1.54, 1.807) is 6.07 Å². The molecule has 1 aliphatic carbocycles. The molecule has 0 unspecified atom stereocenters. The molecular weight excluding hydrogens is 226 g/mol. The molecule has 1 aromatic heterocycles. The lowest BCUT2D eigenvalue weighted by molar-refractivity contribution is 0.303. The van der Waals surface area contributed by atoms with Gasteiger partial charge in [0.15, 0.2) is 0 Å². The minimum absolute atomic E-state index is 0.400. The third-order valence-electron chi connectivity index (χ3n) is 2.81. The number of benzene rings is 1. The van der Waals surface area contributed by atoms with Gasteiger partial charge in [-0.05, 0) is 31.9 Å². The number of aryl methyl sites for hydroxylation is 1. The zero-order valence-corrected chi connectivity index (χ0v) is 10.3. The summed E-state index contributed by atoms with van der Waals surface area (Å²) in [6, 6.07) is 9.73. The number of ether oxygens (including phenoxy) is 1. The monoisotopic (exact) mass is 241 g/mol. The molecular formula is C14H15N3O. The van der Waals surface area contributed by atoms with Crippen LogP contribution in [0.15, 0.2) is 30.3 Å². The Bertz CT molecular complexity index is 559. The van der Waals surface area contributed by atoms with Gasteiger partial charge >= 0.3 is 0 Å². The average molecular weight is 241 g/mol. The summed E-state index contributed by atoms with van der Waals surface area (Å²) >= 11 is 0. The topological polar surface area (TPSA) is 61.0 Å². The molecule has 92 valence electrons. The average Bonchev–Trinajstić information content (AvgIpc) is 3.12. The van der Waals surface area contributed by atoms with E-state index in [-0.39, 0.29) is 0 Å². The Balaban J connectivity index is 1.94. The molecule has 1 aromatic carbocycles. The van der Waals surface area contributed by atoms with Crippen LogP contribution in [0.25, 0.3) is 11.3 Å². The van der Waals surface area contributed by atoms with E-state index >= 15 is 0 Å². The number of rotatable bonds is 3. The van der Waals surface area contributed by atoms with Crippen molar-refractivity contribution in [1.82, 2.24) is 9.97 Å². The highest BCUT2D eigenvalue weighted by atomic mass is 16.5. The van der Waals surface area contributed by atoms with Crippen LogP contribution in [0.4, 0.5) is 5.82 Å². The molecule has 3 rings (SSSR count). The highest BCUT2D eigenvalue weighted by Gasteiger charge is 2.23. The summed E-state index contributed by atoms with van der Waals surface area (Å²) in [5, 5.41) is 0. The van der Waals surface area contributed by atoms with E-state index in [4.69, 9.17) is 10.5 Å². The Morgan fingerprint density at radius 2 is 2.06 bits per heavy atom. The summed E-state index contributed by atoms with van der Waals surface area (Å²) in [7, 11) is 0. The molecule has 2 aromatic rings. The van der Waals surface area contributed by atoms with Crippen LogP contribution in [0.2, 0.25) is 0 Å². The summed E-state index contributed by atoms with van der Waals surface area (Å²) in [6.45, 7) is 1.84. The Morgan fingerprint density at radius 1 is 1.22 bits per heavy atom. The van der Waals surface area contributed by atoms with Crippen molar-refractivity contribution >= 4 is 5.82 Å². The highest BCUT2D eigenvalue weighted by molar-refractivity contribution is 5.63. The van der Waals surface area contributed by atoms with Crippen molar-refractivity contribution in [3.8, 4) is 17.0 Å². The van der Waals surface area contributed by atoms with E-state index in [1.807, 2.05) is 31.2 Å². The molecule has 0 atom stereocenters. The van der Waals surface area contributed by atoms with Crippen LogP contribution < -0.4 is 10.5 Å². The van der Waals surface area contributed by atoms with Crippen molar-refractivity contribution in [2.24, 2.45) is 0 Å². The van der Waals surface area contributed by atoms with E-state index in [0.29, 0.717) is 17.7 Å². The number of hydrogen-bond donors (Lipinski definition) is 1. The van der Waals surface area contributed by atoms with Crippen LogP contribution in [-0.2, 0) is 0 Å². The second-order valence-corrected chi connectivity index (χ2v) is 4.57. The second-order valence-electron chi connectivity index (χ2n) is 4.57. The van der Waals surface area contributed by atoms with E-state index < -0.39 is 0 Å². The van der Waals surface area contributed by atoms with Gasteiger partial charge in [-0.25, -0.2) is 9.97 Å². The summed E-state index contributed by atoms with van der Waals surface area (Å²) in [6.07, 6.45) is 2.71. The number of anilines is 1. The molecule has 4 heteroatoms. The fourth-order valence-electron chi connectivity index (χ4n) is 1.85. The van der Waals surface area contributed by atoms with Crippen LogP contribution in [0.3, 0.4) is 0 Å². The summed E-state index contributed by atoms with van der Waals surface area (Å²) in [5.41, 5.74) is 7.58. The lowest BCUT2D eigenvalue weighted by atomic mass is 10.1. The third kappa shape index (κ3) is 2.42. The molecule has 0 aliphatic heterocycles. The number of nitrogens with two attached hydrogens (primary N) is 1. The molecule has 0 radical (unpaired) electrons. The van der Waals surface area contributed by atoms with Gasteiger partial charge in [0, 0.05) is 11.6 Å². The summed E-state index contributed by atoms with van der Waals surface area (Å²) in [5.74, 6) is 2.06. The zero-order valence-electron chi connectivity index (χ0n) is 10.3. The first-order valence-corrected chi connectivity index (χ1v) is 6.09. The van der Waals surface area contributed by atoms with Gasteiger partial charge < -0.3 is 10.5 Å². The standard InChI is InChI=1S/C14H15N3O/c1-9-16-13(8-14(15)17-9)10-3-2-4-12(7-10)18-11-5-6-11/h2-4,7-8,11H,5-6H2,1H3,(H2,15,16,17). The van der Waals surface area contributed by atoms with Crippen molar-refractivity contribution in [2.45, 2.75) is 25.9 Å². The molecule has 0 amide bonds. The molecule has 1 aliphatic rings. The zero-order chi connectivity index (χ0) is 12.5. The van der Waals surface area contributed by atoms with Crippen molar-refractivity contribution in [1.29, 1.82) is 0 Å². The molecule has 1 fully saturated rings. The molecule has 1 heterocycles. The van der Waals surface area contributed by atoms with Gasteiger partial charge in [0.05, 0.1) is 11.8 Å². The van der Waals surface area contributed by atoms with Crippen molar-refractivity contribution in [3.63, 3.8) is 0 Å². The minimum Gasteiger partial charge on any atom is -0.490 e. The number of nitrogen functional groups attached to an aromatic ring is 1. The highest BCUT2D eigenvalue weighted by Crippen LogP contribution is 2.29. The van der Waals surface area contributed by atoms with Gasteiger partial charge in [0.1, 0.15) is 17.4 Å². The Hall–Kier alpha value is -2.10. The van der Waals surface area contributed by atoms with Crippen LogP contribution in [-0.4, -0.2) is 16.1 Å². The van der Waals surface area contributed by atoms with Gasteiger partial charge in [-0.3, -0.25) is 0 Å². The first-order chi connectivity index (χ1) is 8.70. The number of aromatic nitrogens is 2. The van der Waals surface area contributed by atoms with Crippen molar-refractivity contribution in [3.05, 3.63) is 36.2 Å². The molecule has 0 bridgehead atoms. The lowest BCUT2D eigenvalue weighted by Gasteiger charge is -2.07. The summed E-state index contributed by atoms with van der Waals surface area (Å²) in [4.78, 5) is 8.47. The normalized spacial score (nSPS) is 14.5. The molecule has 1 saturated carbocycles. The van der Waals surface area contributed by atoms with Gasteiger partial charge in [0.25, 0.3) is 0 Å². The predicted octanol–water partition coefficient (Wildman–Crippen LogP) is 2.58. The van der Waals surface area contributed by atoms with E-state index in [1.165, 1.54) is 0 Å². The smallest absolute Gasteiger partial charge is 0.128 e. The first kappa shape index (κ1) is 11.0. The van der Waals surface area contributed by atoms with Gasteiger partial charge in [-0.2, -0.15) is 0 Å². The third-order valence-corrected chi connectivity index (χ3v) is 2.81. The summed E-state index contributed by atoms with van der Waals surface area (Å²) < 4.78 is 5.77. The van der Waals surface area contributed by atoms with Crippen molar-refractivity contribution < 1.29 is 4.74 Å². The van der Waals surface area contributed by atoms with Crippen LogP contribution in [0, 0.1) is 6.92 Å². The maximum Gasteiger partial charge on any atom is 0.128 e. The molecule has 2 N–H and O–H groups in total. The maximum atomic E-state index is 5.77. The largest absolute Gasteiger partial charge is 0.490 e. The number of nitrogens with zero attached hydrogens (tertiary/aromatic N) is 2. The fourth-order valence-corrected chi connectivity index (χ4v) is 1.85. The maximum absolute atomic E-state index is 5.77. The Labute approximate surface area is 106 Å². The fraction of sp³-hybridized carbons (Fsp3) is 0.286.